The Balaban J connectivity index is 1.38. The van der Waals surface area contributed by atoms with Gasteiger partial charge in [0.15, 0.2) is 0 Å². The lowest BCUT2D eigenvalue weighted by Gasteiger charge is -2.40. The van der Waals surface area contributed by atoms with Crippen molar-refractivity contribution in [2.75, 3.05) is 26.7 Å². The van der Waals surface area contributed by atoms with E-state index in [2.05, 4.69) is 32.1 Å². The molecule has 0 unspecified atom stereocenters. The summed E-state index contributed by atoms with van der Waals surface area (Å²) in [6, 6.07) is 9.38. The molecule has 3 aliphatic rings. The second kappa shape index (κ2) is 8.17. The molecule has 0 bridgehead atoms. The first kappa shape index (κ1) is 18.7. The van der Waals surface area contributed by atoms with E-state index in [1.807, 2.05) is 19.2 Å². The molecule has 2 saturated heterocycles. The normalized spacial score (nSPS) is 27.1. The molecule has 2 fully saturated rings. The van der Waals surface area contributed by atoms with Crippen molar-refractivity contribution in [1.82, 2.24) is 9.80 Å². The van der Waals surface area contributed by atoms with E-state index in [1.54, 1.807) is 0 Å². The van der Waals surface area contributed by atoms with Crippen LogP contribution in [0.25, 0.3) is 0 Å². The molecule has 1 aromatic rings. The third kappa shape index (κ3) is 4.28. The smallest absolute Gasteiger partial charge is 0.135 e. The molecular weight excluding hydrogens is 362 g/mol. The summed E-state index contributed by atoms with van der Waals surface area (Å²) in [6.45, 7) is 3.07. The summed E-state index contributed by atoms with van der Waals surface area (Å²) in [5.41, 5.74) is 7.11. The fraction of sp³-hybridized carbons (Fsp3) is 0.600. The van der Waals surface area contributed by atoms with Gasteiger partial charge in [0.05, 0.1) is 12.5 Å². The van der Waals surface area contributed by atoms with Gasteiger partial charge < -0.3 is 15.4 Å². The van der Waals surface area contributed by atoms with Gasteiger partial charge >= 0.3 is 0 Å². The van der Waals surface area contributed by atoms with Crippen molar-refractivity contribution in [3.05, 3.63) is 34.9 Å². The second-order valence-corrected chi connectivity index (χ2v) is 8.21. The van der Waals surface area contributed by atoms with E-state index in [4.69, 9.17) is 22.1 Å². The molecule has 0 aliphatic carbocycles. The second-order valence-electron chi connectivity index (χ2n) is 7.78. The van der Waals surface area contributed by atoms with E-state index in [1.165, 1.54) is 5.56 Å². The first-order valence-corrected chi connectivity index (χ1v) is 10.2. The van der Waals surface area contributed by atoms with Crippen LogP contribution in [0, 0.1) is 0 Å². The maximum absolute atomic E-state index is 6.04. The summed E-state index contributed by atoms with van der Waals surface area (Å²) in [5.74, 6) is 1.65. The zero-order valence-electron chi connectivity index (χ0n) is 15.9. The molecule has 2 atom stereocenters. The molecule has 0 saturated carbocycles. The Morgan fingerprint density at radius 1 is 1.19 bits per heavy atom. The predicted molar refractivity (Wildman–Crippen MR) is 109 cm³/mol. The number of hydrogen-bond donors (Lipinski definition) is 1. The fourth-order valence-corrected chi connectivity index (χ4v) is 4.72. The Kier molecular flexibility index (Phi) is 5.66. The number of methoxy groups -OCH3 is 1. The Morgan fingerprint density at radius 3 is 2.56 bits per heavy atom. The Bertz CT molecular complexity index is 712. The number of likely N-dealkylation sites (tertiary alicyclic amines) is 2. The van der Waals surface area contributed by atoms with Crippen molar-refractivity contribution in [1.29, 1.82) is 0 Å². The number of amidine groups is 2. The van der Waals surface area contributed by atoms with Crippen LogP contribution in [0.2, 0.25) is 5.02 Å². The first-order valence-electron chi connectivity index (χ1n) is 9.79. The average Bonchev–Trinajstić information content (AvgIpc) is 3.30. The van der Waals surface area contributed by atoms with E-state index >= 15 is 0 Å². The average molecular weight is 390 g/mol. The van der Waals surface area contributed by atoms with Crippen LogP contribution < -0.4 is 5.73 Å². The number of nitrogens with two attached hydrogens (primary N) is 1. The quantitative estimate of drug-likeness (QED) is 0.859. The lowest BCUT2D eigenvalue weighted by atomic mass is 9.98. The molecule has 0 radical (unpaired) electrons. The van der Waals surface area contributed by atoms with Gasteiger partial charge in [-0.3, -0.25) is 4.90 Å². The summed E-state index contributed by atoms with van der Waals surface area (Å²) >= 11 is 6.04. The molecule has 27 heavy (non-hydrogen) atoms. The van der Waals surface area contributed by atoms with Gasteiger partial charge in [-0.15, -0.1) is 10.2 Å². The topological polar surface area (TPSA) is 66.5 Å². The SMILES string of the molecule is CO[C@H]1C[C@H](Cc2ccc(Cl)cc2)N(C2CCN(C3=NN=C(N)C3)CC2)C1. The number of rotatable bonds is 4. The van der Waals surface area contributed by atoms with Gasteiger partial charge in [0.25, 0.3) is 0 Å². The highest BCUT2D eigenvalue weighted by Gasteiger charge is 2.38. The molecular formula is C20H28ClN5O. The molecule has 3 heterocycles. The van der Waals surface area contributed by atoms with Gasteiger partial charge in [-0.1, -0.05) is 23.7 Å². The zero-order chi connectivity index (χ0) is 18.8. The highest BCUT2D eigenvalue weighted by atomic mass is 35.5. The van der Waals surface area contributed by atoms with Crippen LogP contribution in [0.5, 0.6) is 0 Å². The number of hydrogen-bond acceptors (Lipinski definition) is 6. The Labute approximate surface area is 166 Å². The monoisotopic (exact) mass is 389 g/mol. The maximum Gasteiger partial charge on any atom is 0.135 e. The third-order valence-corrected chi connectivity index (χ3v) is 6.32. The lowest BCUT2D eigenvalue weighted by molar-refractivity contribution is 0.0859. The van der Waals surface area contributed by atoms with Gasteiger partial charge in [-0.05, 0) is 43.4 Å². The number of ether oxygens (including phenoxy) is 1. The number of piperidine rings is 1. The van der Waals surface area contributed by atoms with Gasteiger partial charge in [0, 0.05) is 43.9 Å². The predicted octanol–water partition coefficient (Wildman–Crippen LogP) is 2.51. The highest BCUT2D eigenvalue weighted by molar-refractivity contribution is 6.30. The van der Waals surface area contributed by atoms with Crippen molar-refractivity contribution in [3.63, 3.8) is 0 Å². The highest BCUT2D eigenvalue weighted by Crippen LogP contribution is 2.30. The largest absolute Gasteiger partial charge is 0.385 e. The molecule has 146 valence electrons. The van der Waals surface area contributed by atoms with Gasteiger partial charge in [-0.25, -0.2) is 0 Å². The Hall–Kier alpha value is -1.63. The van der Waals surface area contributed by atoms with Crippen LogP contribution in [-0.4, -0.2) is 66.4 Å². The minimum atomic E-state index is 0.327. The van der Waals surface area contributed by atoms with Crippen LogP contribution in [-0.2, 0) is 11.2 Å². The van der Waals surface area contributed by atoms with Crippen LogP contribution in [0.3, 0.4) is 0 Å². The van der Waals surface area contributed by atoms with E-state index < -0.39 is 0 Å². The van der Waals surface area contributed by atoms with Crippen LogP contribution in [0.1, 0.15) is 31.2 Å². The molecule has 3 aliphatic heterocycles. The summed E-state index contributed by atoms with van der Waals surface area (Å²) in [4.78, 5) is 5.03. The van der Waals surface area contributed by atoms with Crippen LogP contribution in [0.4, 0.5) is 0 Å². The lowest BCUT2D eigenvalue weighted by Crippen LogP contribution is -2.49. The molecule has 0 aromatic heterocycles. The van der Waals surface area contributed by atoms with Crippen molar-refractivity contribution < 1.29 is 4.74 Å². The van der Waals surface area contributed by atoms with Gasteiger partial charge in [-0.2, -0.15) is 0 Å². The summed E-state index contributed by atoms with van der Waals surface area (Å²) < 4.78 is 5.71. The summed E-state index contributed by atoms with van der Waals surface area (Å²) in [6.07, 6.45) is 5.45. The summed E-state index contributed by atoms with van der Waals surface area (Å²) in [7, 11) is 1.83. The third-order valence-electron chi connectivity index (χ3n) is 6.07. The van der Waals surface area contributed by atoms with Crippen molar-refractivity contribution >= 4 is 23.3 Å². The molecule has 7 heteroatoms. The van der Waals surface area contributed by atoms with Crippen LogP contribution >= 0.6 is 11.6 Å². The van der Waals surface area contributed by atoms with Crippen molar-refractivity contribution in [2.45, 2.75) is 50.3 Å². The molecule has 0 amide bonds. The van der Waals surface area contributed by atoms with Crippen molar-refractivity contribution in [2.24, 2.45) is 15.9 Å². The molecule has 0 spiro atoms. The fourth-order valence-electron chi connectivity index (χ4n) is 4.59. The number of nitrogens with zero attached hydrogens (tertiary/aromatic N) is 4. The zero-order valence-corrected chi connectivity index (χ0v) is 16.6. The Morgan fingerprint density at radius 2 is 1.93 bits per heavy atom. The number of benzene rings is 1. The minimum absolute atomic E-state index is 0.327. The van der Waals surface area contributed by atoms with E-state index in [9.17, 15) is 0 Å². The maximum atomic E-state index is 6.04. The van der Waals surface area contributed by atoms with Crippen molar-refractivity contribution in [3.8, 4) is 0 Å². The van der Waals surface area contributed by atoms with Gasteiger partial charge in [0.1, 0.15) is 11.7 Å². The first-order chi connectivity index (χ1) is 13.1. The summed E-state index contributed by atoms with van der Waals surface area (Å²) in [5, 5.41) is 9.00. The molecule has 2 N–H and O–H groups in total. The molecule has 4 rings (SSSR count). The van der Waals surface area contributed by atoms with E-state index in [0.29, 0.717) is 30.4 Å². The van der Waals surface area contributed by atoms with Crippen LogP contribution in [0.15, 0.2) is 34.5 Å². The standard InChI is InChI=1S/C20H28ClN5O/c1-27-18-11-17(10-14-2-4-15(21)5-3-14)26(13-18)16-6-8-25(9-7-16)20-12-19(22)23-24-20/h2-5,16-18H,6-13H2,1H3,(H2,22,23)/t17-,18-/m0/s1. The molecule has 1 aromatic carbocycles. The number of halogens is 1. The van der Waals surface area contributed by atoms with E-state index in [0.717, 1.165) is 56.2 Å². The van der Waals surface area contributed by atoms with Gasteiger partial charge in [0.2, 0.25) is 0 Å². The molecule has 6 nitrogen and oxygen atoms in total. The van der Waals surface area contributed by atoms with E-state index in [-0.39, 0.29) is 0 Å². The minimum Gasteiger partial charge on any atom is -0.385 e.